The van der Waals surface area contributed by atoms with Crippen molar-refractivity contribution in [1.29, 1.82) is 5.26 Å². The number of carbonyl (C=O) groups is 1. The summed E-state index contributed by atoms with van der Waals surface area (Å²) in [5, 5.41) is 18.6. The summed E-state index contributed by atoms with van der Waals surface area (Å²) < 4.78 is 56.9. The lowest BCUT2D eigenvalue weighted by Gasteiger charge is -2.22. The zero-order valence-electron chi connectivity index (χ0n) is 11.5. The van der Waals surface area contributed by atoms with E-state index in [1.807, 2.05) is 5.32 Å². The van der Waals surface area contributed by atoms with Gasteiger partial charge >= 0.3 is 12.3 Å². The van der Waals surface area contributed by atoms with Crippen LogP contribution in [0.15, 0.2) is 12.1 Å². The number of hydrogen-bond donors (Lipinski definition) is 2. The first-order chi connectivity index (χ1) is 10.6. The predicted octanol–water partition coefficient (Wildman–Crippen LogP) is 3.71. The second-order valence-electron chi connectivity index (χ2n) is 4.40. The van der Waals surface area contributed by atoms with Gasteiger partial charge in [-0.25, -0.2) is 9.18 Å². The van der Waals surface area contributed by atoms with Crippen LogP contribution >= 0.6 is 11.6 Å². The van der Waals surface area contributed by atoms with Crippen molar-refractivity contribution >= 4 is 17.7 Å². The van der Waals surface area contributed by atoms with Gasteiger partial charge in [-0.3, -0.25) is 0 Å². The molecule has 0 heterocycles. The fraction of sp³-hybridized carbons (Fsp3) is 0.385. The topological polar surface area (TPSA) is 82.3 Å². The Hall–Kier alpha value is -2.21. The number of benzene rings is 1. The molecule has 1 aromatic carbocycles. The summed E-state index contributed by atoms with van der Waals surface area (Å²) in [5.74, 6) is -1.45. The predicted molar refractivity (Wildman–Crippen MR) is 71.9 cm³/mol. The first-order valence-electron chi connectivity index (χ1n) is 6.24. The fourth-order valence-electron chi connectivity index (χ4n) is 1.64. The number of nitriles is 1. The average molecular weight is 355 g/mol. The van der Waals surface area contributed by atoms with Crippen molar-refractivity contribution in [3.63, 3.8) is 0 Å². The minimum Gasteiger partial charge on any atom is -0.479 e. The van der Waals surface area contributed by atoms with E-state index >= 15 is 0 Å². The number of nitrogens with zero attached hydrogens (tertiary/aromatic N) is 1. The summed E-state index contributed by atoms with van der Waals surface area (Å²) in [6.07, 6.45) is -9.09. The van der Waals surface area contributed by atoms with Crippen LogP contribution in [0.3, 0.4) is 0 Å². The van der Waals surface area contributed by atoms with Crippen molar-refractivity contribution in [3.8, 4) is 11.8 Å². The summed E-state index contributed by atoms with van der Waals surface area (Å²) >= 11 is 5.48. The lowest BCUT2D eigenvalue weighted by Crippen LogP contribution is -2.35. The van der Waals surface area contributed by atoms with Crippen molar-refractivity contribution < 1.29 is 32.2 Å². The molecule has 1 aromatic rings. The van der Waals surface area contributed by atoms with Crippen molar-refractivity contribution in [2.75, 3.05) is 6.54 Å². The Morgan fingerprint density at radius 1 is 1.48 bits per heavy atom. The Morgan fingerprint density at radius 2 is 2.13 bits per heavy atom. The molecule has 1 amide bonds. The minimum absolute atomic E-state index is 0.146. The first kappa shape index (κ1) is 18.8. The summed E-state index contributed by atoms with van der Waals surface area (Å²) in [5.41, 5.74) is -0.426. The number of amides is 1. The van der Waals surface area contributed by atoms with Gasteiger partial charge in [-0.2, -0.15) is 18.4 Å². The molecule has 1 atom stereocenters. The Bertz CT molecular complexity index is 616. The SMILES string of the molecule is N#Cc1cc(F)c(Cl)cc1OC(CCCNC(=O)O)C(F)(F)F. The molecule has 0 saturated carbocycles. The van der Waals surface area contributed by atoms with Crippen molar-refractivity contribution in [2.45, 2.75) is 25.1 Å². The van der Waals surface area contributed by atoms with Gasteiger partial charge < -0.3 is 15.2 Å². The second kappa shape index (κ2) is 7.87. The highest BCUT2D eigenvalue weighted by atomic mass is 35.5. The molecule has 0 spiro atoms. The summed E-state index contributed by atoms with van der Waals surface area (Å²) in [6, 6.07) is 2.99. The van der Waals surface area contributed by atoms with Gasteiger partial charge in [0.2, 0.25) is 0 Å². The van der Waals surface area contributed by atoms with Crippen molar-refractivity contribution in [3.05, 3.63) is 28.5 Å². The monoisotopic (exact) mass is 354 g/mol. The van der Waals surface area contributed by atoms with E-state index in [1.165, 1.54) is 6.07 Å². The second-order valence-corrected chi connectivity index (χ2v) is 4.80. The number of nitrogens with one attached hydrogen (secondary N) is 1. The Morgan fingerprint density at radius 3 is 2.65 bits per heavy atom. The van der Waals surface area contributed by atoms with E-state index < -0.39 is 46.9 Å². The van der Waals surface area contributed by atoms with Crippen molar-refractivity contribution in [2.24, 2.45) is 0 Å². The normalized spacial score (nSPS) is 12.3. The van der Waals surface area contributed by atoms with Crippen LogP contribution in [0.5, 0.6) is 5.75 Å². The highest BCUT2D eigenvalue weighted by molar-refractivity contribution is 6.30. The minimum atomic E-state index is -4.75. The maximum Gasteiger partial charge on any atom is 0.425 e. The Balaban J connectivity index is 2.88. The van der Waals surface area contributed by atoms with Gasteiger partial charge in [0, 0.05) is 12.6 Å². The Kier molecular flexibility index (Phi) is 6.45. The lowest BCUT2D eigenvalue weighted by atomic mass is 10.1. The van der Waals surface area contributed by atoms with Gasteiger partial charge in [0.25, 0.3) is 0 Å². The zero-order chi connectivity index (χ0) is 17.6. The quantitative estimate of drug-likeness (QED) is 0.602. The first-order valence-corrected chi connectivity index (χ1v) is 6.62. The third kappa shape index (κ3) is 5.83. The van der Waals surface area contributed by atoms with Crippen LogP contribution in [0.4, 0.5) is 22.4 Å². The third-order valence-corrected chi connectivity index (χ3v) is 2.99. The lowest BCUT2D eigenvalue weighted by molar-refractivity contribution is -0.196. The third-order valence-electron chi connectivity index (χ3n) is 2.70. The summed E-state index contributed by atoms with van der Waals surface area (Å²) in [6.45, 7) is -0.194. The molecule has 23 heavy (non-hydrogen) atoms. The molecule has 0 fully saturated rings. The molecule has 5 nitrogen and oxygen atoms in total. The highest BCUT2D eigenvalue weighted by Crippen LogP contribution is 2.32. The average Bonchev–Trinajstić information content (AvgIpc) is 2.44. The van der Waals surface area contributed by atoms with E-state index in [0.717, 1.165) is 6.07 Å². The molecule has 0 aliphatic rings. The van der Waals surface area contributed by atoms with Crippen LogP contribution in [0.25, 0.3) is 0 Å². The van der Waals surface area contributed by atoms with E-state index in [0.29, 0.717) is 6.07 Å². The zero-order valence-corrected chi connectivity index (χ0v) is 12.2. The highest BCUT2D eigenvalue weighted by Gasteiger charge is 2.41. The molecule has 0 aliphatic heterocycles. The largest absolute Gasteiger partial charge is 0.479 e. The Labute approximate surface area is 133 Å². The number of alkyl halides is 3. The number of halogens is 5. The maximum atomic E-state index is 13.2. The van der Waals surface area contributed by atoms with Crippen LogP contribution in [0.1, 0.15) is 18.4 Å². The van der Waals surface area contributed by atoms with Crippen LogP contribution in [-0.2, 0) is 0 Å². The van der Waals surface area contributed by atoms with Crippen LogP contribution in [0, 0.1) is 17.1 Å². The molecule has 2 N–H and O–H groups in total. The van der Waals surface area contributed by atoms with Gasteiger partial charge in [-0.05, 0) is 18.9 Å². The molecule has 0 radical (unpaired) electrons. The van der Waals surface area contributed by atoms with Gasteiger partial charge in [0.05, 0.1) is 10.6 Å². The van der Waals surface area contributed by atoms with Gasteiger partial charge in [-0.1, -0.05) is 11.6 Å². The maximum absolute atomic E-state index is 13.2. The molecule has 0 aliphatic carbocycles. The standard InChI is InChI=1S/C13H11ClF4N2O3/c14-8-5-10(7(6-19)4-9(8)15)23-11(13(16,17)18)2-1-3-20-12(21)22/h4-5,11,20H,1-3H2,(H,21,22). The summed E-state index contributed by atoms with van der Waals surface area (Å²) in [7, 11) is 0. The number of hydrogen-bond acceptors (Lipinski definition) is 3. The van der Waals surface area contributed by atoms with E-state index in [4.69, 9.17) is 26.7 Å². The number of rotatable bonds is 6. The molecular weight excluding hydrogens is 344 g/mol. The molecule has 0 aromatic heterocycles. The van der Waals surface area contributed by atoms with E-state index in [2.05, 4.69) is 0 Å². The van der Waals surface area contributed by atoms with Gasteiger partial charge in [0.15, 0.2) is 6.10 Å². The number of ether oxygens (including phenoxy) is 1. The fourth-order valence-corrected chi connectivity index (χ4v) is 1.79. The van der Waals surface area contributed by atoms with Gasteiger partial charge in [0.1, 0.15) is 17.6 Å². The van der Waals surface area contributed by atoms with Gasteiger partial charge in [-0.15, -0.1) is 0 Å². The van der Waals surface area contributed by atoms with Crippen LogP contribution < -0.4 is 10.1 Å². The molecule has 1 unspecified atom stereocenters. The van der Waals surface area contributed by atoms with E-state index in [-0.39, 0.29) is 13.0 Å². The smallest absolute Gasteiger partial charge is 0.425 e. The molecule has 126 valence electrons. The number of carboxylic acid groups (broad SMARTS) is 1. The molecule has 0 bridgehead atoms. The molecule has 10 heteroatoms. The molecule has 0 saturated heterocycles. The molecular formula is C13H11ClF4N2O3. The van der Waals surface area contributed by atoms with E-state index in [9.17, 15) is 22.4 Å². The van der Waals surface area contributed by atoms with Crippen LogP contribution in [-0.4, -0.2) is 30.0 Å². The van der Waals surface area contributed by atoms with Crippen LogP contribution in [0.2, 0.25) is 5.02 Å². The molecule has 1 rings (SSSR count). The summed E-state index contributed by atoms with van der Waals surface area (Å²) in [4.78, 5) is 10.2. The van der Waals surface area contributed by atoms with E-state index in [1.54, 1.807) is 0 Å². The van der Waals surface area contributed by atoms with Crippen molar-refractivity contribution in [1.82, 2.24) is 5.32 Å².